The molecule has 0 aliphatic heterocycles. The summed E-state index contributed by atoms with van der Waals surface area (Å²) in [4.78, 5) is 4.72. The van der Waals surface area contributed by atoms with Crippen LogP contribution in [0.1, 0.15) is 13.8 Å². The van der Waals surface area contributed by atoms with Crippen LogP contribution >= 0.6 is 11.6 Å². The number of rotatable bonds is 5. The predicted octanol–water partition coefficient (Wildman–Crippen LogP) is 2.90. The van der Waals surface area contributed by atoms with Gasteiger partial charge >= 0.3 is 0 Å². The summed E-state index contributed by atoms with van der Waals surface area (Å²) in [7, 11) is 1.50. The smallest absolute Gasteiger partial charge is 0.145 e. The van der Waals surface area contributed by atoms with Crippen LogP contribution in [0.2, 0.25) is 5.02 Å². The fourth-order valence-electron chi connectivity index (χ4n) is 1.73. The molecule has 7 heteroatoms. The second kappa shape index (κ2) is 6.49. The van der Waals surface area contributed by atoms with Crippen LogP contribution in [0.3, 0.4) is 0 Å². The van der Waals surface area contributed by atoms with Crippen molar-refractivity contribution in [2.75, 3.05) is 12.8 Å². The number of anilines is 1. The van der Waals surface area contributed by atoms with E-state index in [-0.39, 0.29) is 6.10 Å². The molecule has 0 fully saturated rings. The normalized spacial score (nSPS) is 13.0. The van der Waals surface area contributed by atoms with Crippen molar-refractivity contribution < 1.29 is 9.57 Å². The van der Waals surface area contributed by atoms with E-state index >= 15 is 0 Å². The Morgan fingerprint density at radius 2 is 2.19 bits per heavy atom. The van der Waals surface area contributed by atoms with Crippen LogP contribution in [-0.4, -0.2) is 28.7 Å². The summed E-state index contributed by atoms with van der Waals surface area (Å²) in [5, 5.41) is 8.48. The third-order valence-corrected chi connectivity index (χ3v) is 3.21. The minimum atomic E-state index is -0.216. The molecule has 0 saturated heterocycles. The van der Waals surface area contributed by atoms with Gasteiger partial charge in [0, 0.05) is 18.3 Å². The molecule has 0 bridgehead atoms. The van der Waals surface area contributed by atoms with Crippen molar-refractivity contribution in [2.45, 2.75) is 20.0 Å². The molecule has 0 aliphatic carbocycles. The molecule has 2 rings (SSSR count). The van der Waals surface area contributed by atoms with Gasteiger partial charge < -0.3 is 15.3 Å². The Kier molecular flexibility index (Phi) is 4.70. The molecule has 1 aromatic heterocycles. The van der Waals surface area contributed by atoms with Gasteiger partial charge in [-0.05, 0) is 26.0 Å². The number of halogens is 1. The summed E-state index contributed by atoms with van der Waals surface area (Å²) < 4.78 is 7.37. The average Bonchev–Trinajstić information content (AvgIpc) is 2.85. The lowest BCUT2D eigenvalue weighted by Crippen LogP contribution is -2.21. The van der Waals surface area contributed by atoms with Crippen LogP contribution in [-0.2, 0) is 4.84 Å². The van der Waals surface area contributed by atoms with Gasteiger partial charge in [-0.1, -0.05) is 16.8 Å². The fraction of sp³-hybridized carbons (Fsp3) is 0.286. The summed E-state index contributed by atoms with van der Waals surface area (Å²) in [6, 6.07) is 7.06. The molecular formula is C14H17ClN4O2. The SMILES string of the molecule is CO/N=C(/C)C(C)Oc1ccc(-n2ccc(N)n2)c(Cl)c1. The second-order valence-corrected chi connectivity index (χ2v) is 4.88. The number of nitrogens with zero attached hydrogens (tertiary/aromatic N) is 3. The summed E-state index contributed by atoms with van der Waals surface area (Å²) >= 11 is 6.26. The summed E-state index contributed by atoms with van der Waals surface area (Å²) in [5.74, 6) is 1.08. The molecule has 1 unspecified atom stereocenters. The fourth-order valence-corrected chi connectivity index (χ4v) is 1.98. The predicted molar refractivity (Wildman–Crippen MR) is 83.2 cm³/mol. The molecule has 21 heavy (non-hydrogen) atoms. The van der Waals surface area contributed by atoms with Crippen molar-refractivity contribution in [3.63, 3.8) is 0 Å². The monoisotopic (exact) mass is 308 g/mol. The first-order chi connectivity index (χ1) is 10.0. The molecule has 2 N–H and O–H groups in total. The molecule has 0 saturated carbocycles. The summed E-state index contributed by atoms with van der Waals surface area (Å²) in [6.07, 6.45) is 1.53. The highest BCUT2D eigenvalue weighted by Crippen LogP contribution is 2.26. The van der Waals surface area contributed by atoms with E-state index in [4.69, 9.17) is 26.9 Å². The molecule has 0 radical (unpaired) electrons. The summed E-state index contributed by atoms with van der Waals surface area (Å²) in [5.41, 5.74) is 7.06. The second-order valence-electron chi connectivity index (χ2n) is 4.47. The van der Waals surface area contributed by atoms with Gasteiger partial charge in [-0.25, -0.2) is 4.68 Å². The zero-order valence-corrected chi connectivity index (χ0v) is 12.8. The van der Waals surface area contributed by atoms with Gasteiger partial charge in [0.05, 0.1) is 16.4 Å². The highest BCUT2D eigenvalue weighted by molar-refractivity contribution is 6.32. The average molecular weight is 309 g/mol. The Bertz CT molecular complexity index is 654. The molecule has 112 valence electrons. The van der Waals surface area contributed by atoms with E-state index in [1.807, 2.05) is 26.0 Å². The third kappa shape index (κ3) is 3.66. The molecule has 0 aliphatic rings. The van der Waals surface area contributed by atoms with Crippen molar-refractivity contribution in [3.05, 3.63) is 35.5 Å². The van der Waals surface area contributed by atoms with Gasteiger partial charge in [0.15, 0.2) is 0 Å². The lowest BCUT2D eigenvalue weighted by Gasteiger charge is -2.15. The number of ether oxygens (including phenoxy) is 1. The van der Waals surface area contributed by atoms with Gasteiger partial charge in [0.2, 0.25) is 0 Å². The number of nitrogens with two attached hydrogens (primary N) is 1. The maximum Gasteiger partial charge on any atom is 0.145 e. The minimum absolute atomic E-state index is 0.216. The van der Waals surface area contributed by atoms with Crippen LogP contribution in [0.25, 0.3) is 5.69 Å². The first-order valence-corrected chi connectivity index (χ1v) is 6.74. The number of aromatic nitrogens is 2. The quantitative estimate of drug-likeness (QED) is 0.681. The van der Waals surface area contributed by atoms with E-state index in [1.165, 1.54) is 7.11 Å². The Hall–Kier alpha value is -2.21. The molecule has 1 aromatic carbocycles. The van der Waals surface area contributed by atoms with Gasteiger partial charge in [0.1, 0.15) is 24.8 Å². The van der Waals surface area contributed by atoms with E-state index < -0.39 is 0 Å². The standard InChI is InChI=1S/C14H17ClN4O2/c1-9(18-20-3)10(2)21-11-4-5-13(12(15)8-11)19-7-6-14(16)17-19/h4-8,10H,1-3H3,(H2,16,17)/b18-9-. The largest absolute Gasteiger partial charge is 0.485 e. The number of oxime groups is 1. The lowest BCUT2D eigenvalue weighted by atomic mass is 10.2. The van der Waals surface area contributed by atoms with E-state index in [9.17, 15) is 0 Å². The van der Waals surface area contributed by atoms with Crippen molar-refractivity contribution in [3.8, 4) is 11.4 Å². The van der Waals surface area contributed by atoms with Gasteiger partial charge in [-0.15, -0.1) is 0 Å². The number of hydrogen-bond acceptors (Lipinski definition) is 5. The van der Waals surface area contributed by atoms with E-state index in [1.54, 1.807) is 23.0 Å². The lowest BCUT2D eigenvalue weighted by molar-refractivity contribution is 0.203. The molecule has 1 atom stereocenters. The Morgan fingerprint density at radius 3 is 2.76 bits per heavy atom. The number of nitrogen functional groups attached to an aromatic ring is 1. The topological polar surface area (TPSA) is 74.7 Å². The van der Waals surface area contributed by atoms with E-state index in [0.717, 1.165) is 11.4 Å². The highest BCUT2D eigenvalue weighted by Gasteiger charge is 2.11. The van der Waals surface area contributed by atoms with Crippen LogP contribution in [0.4, 0.5) is 5.82 Å². The zero-order valence-electron chi connectivity index (χ0n) is 12.1. The first kappa shape index (κ1) is 15.2. The number of hydrogen-bond donors (Lipinski definition) is 1. The van der Waals surface area contributed by atoms with E-state index in [2.05, 4.69) is 10.3 Å². The zero-order chi connectivity index (χ0) is 15.4. The first-order valence-electron chi connectivity index (χ1n) is 6.36. The van der Waals surface area contributed by atoms with Gasteiger partial charge in [-0.2, -0.15) is 5.10 Å². The van der Waals surface area contributed by atoms with Crippen molar-refractivity contribution >= 4 is 23.1 Å². The van der Waals surface area contributed by atoms with Crippen LogP contribution in [0, 0.1) is 0 Å². The van der Waals surface area contributed by atoms with Crippen molar-refractivity contribution in [1.29, 1.82) is 0 Å². The maximum absolute atomic E-state index is 6.26. The van der Waals surface area contributed by atoms with Crippen LogP contribution < -0.4 is 10.5 Å². The third-order valence-electron chi connectivity index (χ3n) is 2.91. The highest BCUT2D eigenvalue weighted by atomic mass is 35.5. The molecule has 2 aromatic rings. The Balaban J connectivity index is 2.18. The number of benzene rings is 1. The van der Waals surface area contributed by atoms with Crippen LogP contribution in [0.5, 0.6) is 5.75 Å². The molecule has 0 amide bonds. The van der Waals surface area contributed by atoms with Crippen LogP contribution in [0.15, 0.2) is 35.6 Å². The molecule has 6 nitrogen and oxygen atoms in total. The van der Waals surface area contributed by atoms with Gasteiger partial charge in [0.25, 0.3) is 0 Å². The van der Waals surface area contributed by atoms with Gasteiger partial charge in [-0.3, -0.25) is 0 Å². The Morgan fingerprint density at radius 1 is 1.43 bits per heavy atom. The minimum Gasteiger partial charge on any atom is -0.485 e. The maximum atomic E-state index is 6.26. The summed E-state index contributed by atoms with van der Waals surface area (Å²) in [6.45, 7) is 3.71. The Labute approximate surface area is 128 Å². The molecule has 1 heterocycles. The van der Waals surface area contributed by atoms with Crippen molar-refractivity contribution in [1.82, 2.24) is 9.78 Å². The van der Waals surface area contributed by atoms with Crippen molar-refractivity contribution in [2.24, 2.45) is 5.16 Å². The van der Waals surface area contributed by atoms with E-state index in [0.29, 0.717) is 16.6 Å². The molecule has 0 spiro atoms. The molecular weight excluding hydrogens is 292 g/mol.